The van der Waals surface area contributed by atoms with Gasteiger partial charge >= 0.3 is 5.97 Å². The molecule has 0 atom stereocenters. The maximum Gasteiger partial charge on any atom is 0.307 e. The summed E-state index contributed by atoms with van der Waals surface area (Å²) in [5, 5.41) is 19.3. The van der Waals surface area contributed by atoms with Gasteiger partial charge in [-0.2, -0.15) is 0 Å². The van der Waals surface area contributed by atoms with Gasteiger partial charge in [-0.05, 0) is 98.9 Å². The van der Waals surface area contributed by atoms with E-state index in [2.05, 4.69) is 31.9 Å². The molecule has 0 aliphatic rings. The van der Waals surface area contributed by atoms with Gasteiger partial charge < -0.3 is 19.8 Å². The van der Waals surface area contributed by atoms with Crippen molar-refractivity contribution in [2.24, 2.45) is 0 Å². The highest BCUT2D eigenvalue weighted by molar-refractivity contribution is 9.11. The summed E-state index contributed by atoms with van der Waals surface area (Å²) in [5.74, 6) is -1.40. The average Bonchev–Trinajstić information content (AvgIpc) is 2.73. The highest BCUT2D eigenvalue weighted by Crippen LogP contribution is 2.39. The lowest BCUT2D eigenvalue weighted by atomic mass is 10.1. The summed E-state index contributed by atoms with van der Waals surface area (Å²) in [6.07, 6.45) is -0.147. The number of halogens is 3. The molecule has 0 aromatic heterocycles. The lowest BCUT2D eigenvalue weighted by Crippen LogP contribution is -2.30. The summed E-state index contributed by atoms with van der Waals surface area (Å²) in [5.41, 5.74) is 1.08. The Morgan fingerprint density at radius 3 is 2.22 bits per heavy atom. The summed E-state index contributed by atoms with van der Waals surface area (Å²) in [7, 11) is 0. The number of ether oxygens (including phenoxy) is 1. The monoisotopic (exact) mass is 565 g/mol. The van der Waals surface area contributed by atoms with Gasteiger partial charge in [0.25, 0.3) is 5.91 Å². The van der Waals surface area contributed by atoms with Gasteiger partial charge in [-0.1, -0.05) is 0 Å². The number of benzene rings is 3. The van der Waals surface area contributed by atoms with Crippen molar-refractivity contribution in [3.8, 4) is 17.2 Å². The zero-order valence-corrected chi connectivity index (χ0v) is 20.0. The molecule has 9 heteroatoms. The van der Waals surface area contributed by atoms with Crippen molar-refractivity contribution in [2.45, 2.75) is 13.3 Å². The first kappa shape index (κ1) is 23.7. The first-order chi connectivity index (χ1) is 15.2. The van der Waals surface area contributed by atoms with Crippen LogP contribution in [0.4, 0.5) is 10.1 Å². The largest absolute Gasteiger partial charge is 0.507 e. The number of nitrogens with zero attached hydrogens (tertiary/aromatic N) is 1. The molecule has 0 radical (unpaired) electrons. The van der Waals surface area contributed by atoms with E-state index in [0.717, 1.165) is 0 Å². The number of phenols is 1. The highest BCUT2D eigenvalue weighted by atomic mass is 79.9. The van der Waals surface area contributed by atoms with Crippen LogP contribution < -0.4 is 9.64 Å². The molecule has 0 bridgehead atoms. The van der Waals surface area contributed by atoms with Crippen molar-refractivity contribution in [1.29, 1.82) is 0 Å². The topological polar surface area (TPSA) is 87.1 Å². The molecule has 32 heavy (non-hydrogen) atoms. The third kappa shape index (κ3) is 5.46. The molecule has 1 amide bonds. The molecule has 0 aliphatic carbocycles. The zero-order chi connectivity index (χ0) is 23.4. The number of carboxylic acid groups (broad SMARTS) is 1. The Kier molecular flexibility index (Phi) is 7.52. The van der Waals surface area contributed by atoms with E-state index in [9.17, 15) is 19.1 Å². The SMILES string of the molecule is CCN(C(=O)c1cc(Oc2c(Br)cc(CC(=O)O)cc2Br)ccc1O)c1ccc(F)cc1. The minimum atomic E-state index is -0.958. The second kappa shape index (κ2) is 10.1. The van der Waals surface area contributed by atoms with Crippen LogP contribution in [-0.2, 0) is 11.2 Å². The van der Waals surface area contributed by atoms with E-state index in [-0.39, 0.29) is 23.5 Å². The maximum absolute atomic E-state index is 13.3. The van der Waals surface area contributed by atoms with Crippen LogP contribution in [-0.4, -0.2) is 28.6 Å². The van der Waals surface area contributed by atoms with Gasteiger partial charge in [0.1, 0.15) is 17.3 Å². The van der Waals surface area contributed by atoms with Crippen molar-refractivity contribution in [3.63, 3.8) is 0 Å². The van der Waals surface area contributed by atoms with Crippen molar-refractivity contribution < 1.29 is 28.9 Å². The van der Waals surface area contributed by atoms with Gasteiger partial charge in [-0.3, -0.25) is 9.59 Å². The summed E-state index contributed by atoms with van der Waals surface area (Å²) in [6.45, 7) is 2.07. The maximum atomic E-state index is 13.3. The van der Waals surface area contributed by atoms with Crippen LogP contribution in [0.25, 0.3) is 0 Å². The van der Waals surface area contributed by atoms with E-state index in [0.29, 0.717) is 32.5 Å². The van der Waals surface area contributed by atoms with Crippen molar-refractivity contribution in [3.05, 3.63) is 80.5 Å². The van der Waals surface area contributed by atoms with E-state index in [1.54, 1.807) is 19.1 Å². The second-order valence-corrected chi connectivity index (χ2v) is 8.47. The molecule has 166 valence electrons. The van der Waals surface area contributed by atoms with Crippen molar-refractivity contribution >= 4 is 49.4 Å². The fourth-order valence-corrected chi connectivity index (χ4v) is 4.51. The van der Waals surface area contributed by atoms with Gasteiger partial charge in [0.2, 0.25) is 0 Å². The number of carbonyl (C=O) groups is 2. The number of phenolic OH excluding ortho intramolecular Hbond substituents is 1. The Morgan fingerprint density at radius 1 is 1.03 bits per heavy atom. The number of carbonyl (C=O) groups excluding carboxylic acids is 1. The van der Waals surface area contributed by atoms with Crippen LogP contribution >= 0.6 is 31.9 Å². The number of hydrogen-bond donors (Lipinski definition) is 2. The molecule has 0 heterocycles. The average molecular weight is 567 g/mol. The molecule has 0 spiro atoms. The summed E-state index contributed by atoms with van der Waals surface area (Å²) in [4.78, 5) is 25.5. The van der Waals surface area contributed by atoms with Crippen molar-refractivity contribution in [1.82, 2.24) is 0 Å². The molecular weight excluding hydrogens is 549 g/mol. The first-order valence-electron chi connectivity index (χ1n) is 9.47. The Labute approximate surface area is 200 Å². The van der Waals surface area contributed by atoms with Gasteiger partial charge in [0.05, 0.1) is 20.9 Å². The lowest BCUT2D eigenvalue weighted by molar-refractivity contribution is -0.136. The van der Waals surface area contributed by atoms with E-state index >= 15 is 0 Å². The predicted molar refractivity (Wildman–Crippen MR) is 125 cm³/mol. The molecular formula is C23H18Br2FNO5. The molecule has 0 saturated carbocycles. The number of rotatable bonds is 7. The summed E-state index contributed by atoms with van der Waals surface area (Å²) < 4.78 is 20.2. The molecule has 0 aliphatic heterocycles. The van der Waals surface area contributed by atoms with Gasteiger partial charge in [0.15, 0.2) is 5.75 Å². The number of aliphatic carboxylic acids is 1. The van der Waals surface area contributed by atoms with Crippen LogP contribution in [0.5, 0.6) is 17.2 Å². The number of anilines is 1. The Bertz CT molecular complexity index is 1140. The number of hydrogen-bond acceptors (Lipinski definition) is 4. The molecule has 2 N–H and O–H groups in total. The molecule has 3 aromatic rings. The number of amides is 1. The third-order valence-electron chi connectivity index (χ3n) is 4.53. The Morgan fingerprint density at radius 2 is 1.66 bits per heavy atom. The summed E-state index contributed by atoms with van der Waals surface area (Å²) >= 11 is 6.75. The molecule has 0 unspecified atom stereocenters. The van der Waals surface area contributed by atoms with Crippen LogP contribution in [0, 0.1) is 5.82 Å². The summed E-state index contributed by atoms with van der Waals surface area (Å²) in [6, 6.07) is 13.0. The zero-order valence-electron chi connectivity index (χ0n) is 16.8. The third-order valence-corrected chi connectivity index (χ3v) is 5.71. The molecule has 6 nitrogen and oxygen atoms in total. The standard InChI is InChI=1S/C23H18Br2FNO5/c1-2-27(15-5-3-14(26)4-6-15)23(31)17-12-16(7-8-20(17)28)32-22-18(24)9-13(10-19(22)25)11-21(29)30/h3-10,12,28H,2,11H2,1H3,(H,29,30). The Balaban J connectivity index is 1.91. The van der Waals surface area contributed by atoms with Gasteiger partial charge in [-0.25, -0.2) is 4.39 Å². The fourth-order valence-electron chi connectivity index (χ4n) is 3.06. The quantitative estimate of drug-likeness (QED) is 0.358. The van der Waals surface area contributed by atoms with Crippen LogP contribution in [0.2, 0.25) is 0 Å². The minimum Gasteiger partial charge on any atom is -0.507 e. The first-order valence-corrected chi connectivity index (χ1v) is 11.1. The van der Waals surface area contributed by atoms with Crippen LogP contribution in [0.15, 0.2) is 63.5 Å². The number of aromatic hydroxyl groups is 1. The minimum absolute atomic E-state index is 0.0171. The predicted octanol–water partition coefficient (Wildman–Crippen LogP) is 6.14. The van der Waals surface area contributed by atoms with Crippen molar-refractivity contribution in [2.75, 3.05) is 11.4 Å². The van der Waals surface area contributed by atoms with Crippen LogP contribution in [0.3, 0.4) is 0 Å². The molecule has 0 fully saturated rings. The van der Waals surface area contributed by atoms with Crippen LogP contribution in [0.1, 0.15) is 22.8 Å². The fraction of sp³-hybridized carbons (Fsp3) is 0.130. The molecule has 3 rings (SSSR count). The van der Waals surface area contributed by atoms with Gasteiger partial charge in [-0.15, -0.1) is 0 Å². The highest BCUT2D eigenvalue weighted by Gasteiger charge is 2.21. The normalized spacial score (nSPS) is 10.6. The molecule has 3 aromatic carbocycles. The van der Waals surface area contributed by atoms with E-state index < -0.39 is 17.7 Å². The lowest BCUT2D eigenvalue weighted by Gasteiger charge is -2.22. The van der Waals surface area contributed by atoms with E-state index in [1.807, 2.05) is 0 Å². The van der Waals surface area contributed by atoms with E-state index in [1.165, 1.54) is 47.4 Å². The van der Waals surface area contributed by atoms with E-state index in [4.69, 9.17) is 9.84 Å². The smallest absolute Gasteiger partial charge is 0.307 e. The number of carboxylic acids is 1. The Hall–Kier alpha value is -2.91. The second-order valence-electron chi connectivity index (χ2n) is 6.77. The molecule has 0 saturated heterocycles. The van der Waals surface area contributed by atoms with Gasteiger partial charge in [0, 0.05) is 12.2 Å².